The summed E-state index contributed by atoms with van der Waals surface area (Å²) in [6, 6.07) is 0. The van der Waals surface area contributed by atoms with Gasteiger partial charge in [-0.05, 0) is 6.92 Å². The third-order valence-electron chi connectivity index (χ3n) is 2.70. The quantitative estimate of drug-likeness (QED) is 0.420. The summed E-state index contributed by atoms with van der Waals surface area (Å²) in [6.07, 6.45) is -9.76. The molecule has 0 aromatic rings. The van der Waals surface area contributed by atoms with E-state index in [0.717, 1.165) is 0 Å². The van der Waals surface area contributed by atoms with Gasteiger partial charge in [0.05, 0.1) is 6.61 Å². The molecule has 0 aromatic carbocycles. The summed E-state index contributed by atoms with van der Waals surface area (Å²) in [5.41, 5.74) is 0. The van der Waals surface area contributed by atoms with Crippen LogP contribution in [0.15, 0.2) is 0 Å². The van der Waals surface area contributed by atoms with Gasteiger partial charge in [0, 0.05) is 13.0 Å². The zero-order valence-electron chi connectivity index (χ0n) is 11.2. The van der Waals surface area contributed by atoms with Gasteiger partial charge in [-0.15, -0.1) is 0 Å². The molecule has 0 aliphatic rings. The first kappa shape index (κ1) is 23.1. The molecule has 14 heteroatoms. The van der Waals surface area contributed by atoms with E-state index < -0.39 is 55.4 Å². The Balaban J connectivity index is 5.92. The molecule has 145 valence electrons. The summed E-state index contributed by atoms with van der Waals surface area (Å²) in [7, 11) is 0. The number of hydrogen-bond acceptors (Lipinski definition) is 1. The van der Waals surface area contributed by atoms with E-state index in [0.29, 0.717) is 0 Å². The van der Waals surface area contributed by atoms with Crippen LogP contribution in [0.4, 0.5) is 57.1 Å². The smallest absolute Gasteiger partial charge is 0.381 e. The molecule has 1 radical (unpaired) electrons. The lowest BCUT2D eigenvalue weighted by Gasteiger charge is -2.39. The number of rotatable bonds is 8. The number of hydrogen-bond donors (Lipinski definition) is 0. The Hall–Kier alpha value is -0.950. The van der Waals surface area contributed by atoms with E-state index in [1.165, 1.54) is 0 Å². The van der Waals surface area contributed by atoms with E-state index in [4.69, 9.17) is 0 Å². The molecule has 0 N–H and O–H groups in total. The summed E-state index contributed by atoms with van der Waals surface area (Å²) in [6.45, 7) is 0.816. The molecule has 0 saturated heterocycles. The molecule has 0 aliphatic carbocycles. The van der Waals surface area contributed by atoms with Crippen molar-refractivity contribution in [3.05, 3.63) is 6.92 Å². The standard InChI is InChI=1S/C10H8F13O/c1-2-24-4-3-5(11,12)6(13,14)7(15,16)8(17,18)9(19,20)10(21,22)23/h1-4H2. The molecule has 0 amide bonds. The SMILES string of the molecule is [CH2]COCCC(F)(F)C(F)(F)C(F)(F)C(F)(F)C(F)(F)C(F)(F)F. The molecule has 1 nitrogen and oxygen atoms in total. The Morgan fingerprint density at radius 1 is 0.583 bits per heavy atom. The van der Waals surface area contributed by atoms with Crippen LogP contribution in [-0.2, 0) is 4.74 Å². The van der Waals surface area contributed by atoms with Crippen LogP contribution >= 0.6 is 0 Å². The monoisotopic (exact) mass is 391 g/mol. The van der Waals surface area contributed by atoms with E-state index in [2.05, 4.69) is 11.7 Å². The van der Waals surface area contributed by atoms with Crippen molar-refractivity contribution in [1.82, 2.24) is 0 Å². The molecule has 0 fully saturated rings. The van der Waals surface area contributed by atoms with Gasteiger partial charge in [0.1, 0.15) is 0 Å². The molecular weight excluding hydrogens is 383 g/mol. The second-order valence-electron chi connectivity index (χ2n) is 4.36. The van der Waals surface area contributed by atoms with Crippen LogP contribution in [-0.4, -0.2) is 49.0 Å². The molecule has 0 spiro atoms. The van der Waals surface area contributed by atoms with Gasteiger partial charge in [-0.25, -0.2) is 0 Å². The molecule has 0 aromatic heterocycles. The molecule has 0 rings (SSSR count). The molecule has 0 heterocycles. The van der Waals surface area contributed by atoms with Crippen LogP contribution in [0.25, 0.3) is 0 Å². The predicted octanol–water partition coefficient (Wildman–Crippen LogP) is 4.97. The average Bonchev–Trinajstić information content (AvgIpc) is 2.36. The lowest BCUT2D eigenvalue weighted by atomic mass is 9.93. The van der Waals surface area contributed by atoms with Crippen molar-refractivity contribution in [2.75, 3.05) is 13.2 Å². The van der Waals surface area contributed by atoms with E-state index in [-0.39, 0.29) is 0 Å². The summed E-state index contributed by atoms with van der Waals surface area (Å²) in [5.74, 6) is -36.6. The van der Waals surface area contributed by atoms with Gasteiger partial charge in [-0.1, -0.05) is 0 Å². The van der Waals surface area contributed by atoms with Crippen LogP contribution in [0.3, 0.4) is 0 Å². The molecule has 0 saturated carbocycles. The topological polar surface area (TPSA) is 9.23 Å². The second kappa shape index (κ2) is 6.41. The third kappa shape index (κ3) is 3.38. The number of halogens is 13. The Bertz CT molecular complexity index is 425. The zero-order chi connectivity index (χ0) is 19.8. The first-order valence-corrected chi connectivity index (χ1v) is 5.64. The second-order valence-corrected chi connectivity index (χ2v) is 4.36. The number of alkyl halides is 13. The van der Waals surface area contributed by atoms with E-state index >= 15 is 0 Å². The van der Waals surface area contributed by atoms with Gasteiger partial charge in [-0.2, -0.15) is 57.1 Å². The molecule has 0 bridgehead atoms. The van der Waals surface area contributed by atoms with Gasteiger partial charge in [0.25, 0.3) is 0 Å². The summed E-state index contributed by atoms with van der Waals surface area (Å²) >= 11 is 0. The van der Waals surface area contributed by atoms with Crippen molar-refractivity contribution in [2.24, 2.45) is 0 Å². The van der Waals surface area contributed by atoms with Gasteiger partial charge < -0.3 is 4.74 Å². The first-order valence-electron chi connectivity index (χ1n) is 5.64. The van der Waals surface area contributed by atoms with Crippen molar-refractivity contribution >= 4 is 0 Å². The van der Waals surface area contributed by atoms with Crippen molar-refractivity contribution < 1.29 is 61.8 Å². The lowest BCUT2D eigenvalue weighted by molar-refractivity contribution is -0.440. The fraction of sp³-hybridized carbons (Fsp3) is 0.900. The Labute approximate surface area is 125 Å². The zero-order valence-corrected chi connectivity index (χ0v) is 11.2. The summed E-state index contributed by atoms with van der Waals surface area (Å²) < 4.78 is 168. The highest BCUT2D eigenvalue weighted by Crippen LogP contribution is 2.60. The van der Waals surface area contributed by atoms with Gasteiger partial charge in [0.15, 0.2) is 0 Å². The minimum Gasteiger partial charge on any atom is -0.381 e. The van der Waals surface area contributed by atoms with E-state index in [1.807, 2.05) is 0 Å². The minimum absolute atomic E-state index is 0.625. The highest BCUT2D eigenvalue weighted by atomic mass is 19.4. The third-order valence-corrected chi connectivity index (χ3v) is 2.70. The molecule has 0 unspecified atom stereocenters. The Kier molecular flexibility index (Phi) is 6.15. The van der Waals surface area contributed by atoms with Gasteiger partial charge >= 0.3 is 35.8 Å². The van der Waals surface area contributed by atoms with Crippen LogP contribution < -0.4 is 0 Å². The van der Waals surface area contributed by atoms with Crippen molar-refractivity contribution in [3.63, 3.8) is 0 Å². The van der Waals surface area contributed by atoms with Crippen LogP contribution in [0, 0.1) is 6.92 Å². The molecule has 0 aliphatic heterocycles. The largest absolute Gasteiger partial charge is 0.460 e. The molecule has 24 heavy (non-hydrogen) atoms. The maximum Gasteiger partial charge on any atom is 0.460 e. The fourth-order valence-corrected chi connectivity index (χ4v) is 1.26. The van der Waals surface area contributed by atoms with Crippen LogP contribution in [0.2, 0.25) is 0 Å². The maximum atomic E-state index is 13.1. The first-order chi connectivity index (χ1) is 10.3. The molecular formula is C10H8F13O. The number of ether oxygens (including phenoxy) is 1. The lowest BCUT2D eigenvalue weighted by Crippen LogP contribution is -2.70. The van der Waals surface area contributed by atoms with Crippen molar-refractivity contribution in [1.29, 1.82) is 0 Å². The van der Waals surface area contributed by atoms with E-state index in [1.54, 1.807) is 0 Å². The fourth-order valence-electron chi connectivity index (χ4n) is 1.26. The molecule has 0 atom stereocenters. The summed E-state index contributed by atoms with van der Waals surface area (Å²) in [5, 5.41) is 0. The highest BCUT2D eigenvalue weighted by molar-refractivity contribution is 5.10. The minimum atomic E-state index is -7.86. The normalized spacial score (nSPS) is 15.8. The van der Waals surface area contributed by atoms with Crippen molar-refractivity contribution in [3.8, 4) is 0 Å². The maximum absolute atomic E-state index is 13.1. The van der Waals surface area contributed by atoms with Gasteiger partial charge in [0.2, 0.25) is 0 Å². The van der Waals surface area contributed by atoms with Crippen LogP contribution in [0.5, 0.6) is 0 Å². The Morgan fingerprint density at radius 3 is 1.29 bits per heavy atom. The summed E-state index contributed by atoms with van der Waals surface area (Å²) in [4.78, 5) is 0. The van der Waals surface area contributed by atoms with Crippen molar-refractivity contribution in [2.45, 2.75) is 42.2 Å². The Morgan fingerprint density at radius 2 is 0.958 bits per heavy atom. The van der Waals surface area contributed by atoms with Gasteiger partial charge in [-0.3, -0.25) is 0 Å². The average molecular weight is 391 g/mol. The predicted molar refractivity (Wildman–Crippen MR) is 51.6 cm³/mol. The van der Waals surface area contributed by atoms with E-state index in [9.17, 15) is 57.1 Å². The van der Waals surface area contributed by atoms with Crippen LogP contribution in [0.1, 0.15) is 6.42 Å². The highest BCUT2D eigenvalue weighted by Gasteiger charge is 2.90.